The summed E-state index contributed by atoms with van der Waals surface area (Å²) in [4.78, 5) is 44.8. The summed E-state index contributed by atoms with van der Waals surface area (Å²) in [6, 6.07) is 3.05. The fourth-order valence-corrected chi connectivity index (χ4v) is 3.12. The molecule has 0 saturated carbocycles. The van der Waals surface area contributed by atoms with Gasteiger partial charge in [-0.2, -0.15) is 4.98 Å². The lowest BCUT2D eigenvalue weighted by Crippen LogP contribution is -2.36. The van der Waals surface area contributed by atoms with Gasteiger partial charge in [0.05, 0.1) is 5.52 Å². The van der Waals surface area contributed by atoms with E-state index in [9.17, 15) is 14.4 Å². The van der Waals surface area contributed by atoms with Crippen molar-refractivity contribution in [2.75, 3.05) is 37.4 Å². The third kappa shape index (κ3) is 4.25. The molecule has 1 amide bonds. The van der Waals surface area contributed by atoms with Gasteiger partial charge in [-0.3, -0.25) is 14.4 Å². The Balaban J connectivity index is 1.64. The maximum absolute atomic E-state index is 11.9. The zero-order valence-electron chi connectivity index (χ0n) is 15.7. The lowest BCUT2D eigenvalue weighted by atomic mass is 10.1. The van der Waals surface area contributed by atoms with E-state index < -0.39 is 0 Å². The Morgan fingerprint density at radius 2 is 2.07 bits per heavy atom. The van der Waals surface area contributed by atoms with Crippen LogP contribution in [-0.4, -0.2) is 61.3 Å². The van der Waals surface area contributed by atoms with Gasteiger partial charge in [-0.25, -0.2) is 4.98 Å². The third-order valence-corrected chi connectivity index (χ3v) is 4.71. The van der Waals surface area contributed by atoms with E-state index in [1.807, 2.05) is 11.9 Å². The number of carbonyl (C=O) groups excluding carboxylic acids is 3. The number of aromatic nitrogens is 2. The number of carbonyl (C=O) groups is 3. The van der Waals surface area contributed by atoms with Crippen molar-refractivity contribution in [3.63, 3.8) is 0 Å². The van der Waals surface area contributed by atoms with E-state index in [2.05, 4.69) is 15.3 Å². The Kier molecular flexibility index (Phi) is 6.15. The molecule has 0 aliphatic carbocycles. The predicted molar refractivity (Wildman–Crippen MR) is 105 cm³/mol. The van der Waals surface area contributed by atoms with Gasteiger partial charge in [0, 0.05) is 43.3 Å². The lowest BCUT2D eigenvalue weighted by molar-refractivity contribution is -0.130. The Bertz CT molecular complexity index is 896. The normalized spacial score (nSPS) is 16.1. The number of hydrogen-bond donors (Lipinski definition) is 2. The third-order valence-electron chi connectivity index (χ3n) is 4.71. The number of nitrogens with zero attached hydrogens (tertiary/aromatic N) is 3. The number of nitrogen functional groups attached to an aromatic ring is 1. The average Bonchev–Trinajstić information content (AvgIpc) is 3.24. The molecule has 1 aromatic heterocycles. The summed E-state index contributed by atoms with van der Waals surface area (Å²) in [6.45, 7) is 1.76. The largest absolute Gasteiger partial charge is 0.383 e. The molecule has 1 saturated heterocycles. The topological polar surface area (TPSA) is 128 Å². The number of rotatable bonds is 8. The summed E-state index contributed by atoms with van der Waals surface area (Å²) in [5.74, 6) is 0.573. The van der Waals surface area contributed by atoms with Crippen molar-refractivity contribution in [1.29, 1.82) is 0 Å². The number of fused-ring (bicyclic) bond motifs is 1. The molecule has 1 aromatic carbocycles. The molecule has 2 heterocycles. The zero-order chi connectivity index (χ0) is 20.1. The van der Waals surface area contributed by atoms with Crippen LogP contribution in [-0.2, 0) is 9.53 Å². The molecule has 9 nitrogen and oxygen atoms in total. The minimum absolute atomic E-state index is 0.0706. The molecule has 1 aliphatic rings. The Labute approximate surface area is 162 Å². The Morgan fingerprint density at radius 3 is 2.75 bits per heavy atom. The van der Waals surface area contributed by atoms with E-state index in [1.54, 1.807) is 0 Å². The molecule has 3 N–H and O–H groups in total. The summed E-state index contributed by atoms with van der Waals surface area (Å²) >= 11 is 0. The first-order valence-electron chi connectivity index (χ1n) is 9.15. The summed E-state index contributed by atoms with van der Waals surface area (Å²) in [5, 5.41) is 3.39. The van der Waals surface area contributed by atoms with Gasteiger partial charge < -0.3 is 20.7 Å². The van der Waals surface area contributed by atoms with Crippen molar-refractivity contribution in [3.8, 4) is 0 Å². The molecule has 148 valence electrons. The van der Waals surface area contributed by atoms with Gasteiger partial charge in [-0.05, 0) is 31.4 Å². The van der Waals surface area contributed by atoms with Crippen LogP contribution in [0.2, 0.25) is 0 Å². The second-order valence-electron chi connectivity index (χ2n) is 6.71. The number of ether oxygens (including phenoxy) is 1. The highest BCUT2D eigenvalue weighted by molar-refractivity contribution is 6.00. The van der Waals surface area contributed by atoms with Crippen LogP contribution in [0, 0.1) is 0 Å². The van der Waals surface area contributed by atoms with Crippen LogP contribution in [0.1, 0.15) is 40.0 Å². The van der Waals surface area contributed by atoms with Gasteiger partial charge >= 0.3 is 0 Å². The van der Waals surface area contributed by atoms with Crippen molar-refractivity contribution in [2.24, 2.45) is 0 Å². The molecule has 0 bridgehead atoms. The van der Waals surface area contributed by atoms with E-state index >= 15 is 0 Å². The van der Waals surface area contributed by atoms with E-state index in [4.69, 9.17) is 10.5 Å². The molecule has 0 spiro atoms. The number of nitrogens with two attached hydrogens (primary N) is 1. The summed E-state index contributed by atoms with van der Waals surface area (Å²) in [5.41, 5.74) is 7.02. The summed E-state index contributed by atoms with van der Waals surface area (Å²) in [6.07, 6.45) is 3.27. The molecule has 9 heteroatoms. The standard InChI is InChI=1S/C19H23N5O4/c1-24(6-3-5-21-18(27)16-4-2-7-28-16)19-22-15-9-13(11-26)12(10-25)8-14(15)17(20)23-19/h8-11,16H,2-7H2,1H3,(H,21,27)(H2,20,22,23). The minimum Gasteiger partial charge on any atom is -0.383 e. The van der Waals surface area contributed by atoms with Crippen LogP contribution in [0.5, 0.6) is 0 Å². The van der Waals surface area contributed by atoms with Crippen molar-refractivity contribution in [1.82, 2.24) is 15.3 Å². The molecule has 1 fully saturated rings. The number of aldehydes is 2. The molecule has 1 unspecified atom stereocenters. The maximum atomic E-state index is 11.9. The number of nitrogens with one attached hydrogen (secondary N) is 1. The average molecular weight is 385 g/mol. The molecule has 1 aliphatic heterocycles. The fourth-order valence-electron chi connectivity index (χ4n) is 3.12. The van der Waals surface area contributed by atoms with Gasteiger partial charge in [0.2, 0.25) is 11.9 Å². The highest BCUT2D eigenvalue weighted by Crippen LogP contribution is 2.24. The van der Waals surface area contributed by atoms with Gasteiger partial charge in [0.25, 0.3) is 0 Å². The molecule has 2 aromatic rings. The minimum atomic E-state index is -0.329. The zero-order valence-corrected chi connectivity index (χ0v) is 15.7. The van der Waals surface area contributed by atoms with Crippen molar-refractivity contribution in [3.05, 3.63) is 23.3 Å². The van der Waals surface area contributed by atoms with Crippen molar-refractivity contribution < 1.29 is 19.1 Å². The van der Waals surface area contributed by atoms with E-state index in [1.165, 1.54) is 12.1 Å². The van der Waals surface area contributed by atoms with Crippen molar-refractivity contribution >= 4 is 41.1 Å². The smallest absolute Gasteiger partial charge is 0.249 e. The van der Waals surface area contributed by atoms with Crippen molar-refractivity contribution in [2.45, 2.75) is 25.4 Å². The van der Waals surface area contributed by atoms with Gasteiger partial charge in [0.1, 0.15) is 11.9 Å². The fraction of sp³-hybridized carbons (Fsp3) is 0.421. The summed E-state index contributed by atoms with van der Waals surface area (Å²) < 4.78 is 5.35. The van der Waals surface area contributed by atoms with E-state index in [0.29, 0.717) is 55.5 Å². The Morgan fingerprint density at radius 1 is 1.32 bits per heavy atom. The number of benzene rings is 1. The van der Waals surface area contributed by atoms with Gasteiger partial charge in [-0.1, -0.05) is 0 Å². The predicted octanol–water partition coefficient (Wildman–Crippen LogP) is 0.959. The van der Waals surface area contributed by atoms with Crippen LogP contribution in [0.15, 0.2) is 12.1 Å². The number of hydrogen-bond acceptors (Lipinski definition) is 8. The molecule has 1 atom stereocenters. The van der Waals surface area contributed by atoms with Gasteiger partial charge in [0.15, 0.2) is 12.6 Å². The molecule has 3 rings (SSSR count). The summed E-state index contributed by atoms with van der Waals surface area (Å²) in [7, 11) is 1.82. The monoisotopic (exact) mass is 385 g/mol. The number of amides is 1. The van der Waals surface area contributed by atoms with Crippen LogP contribution in [0.4, 0.5) is 11.8 Å². The first-order valence-corrected chi connectivity index (χ1v) is 9.15. The molecular formula is C19H23N5O4. The first-order chi connectivity index (χ1) is 13.5. The van der Waals surface area contributed by atoms with E-state index in [0.717, 1.165) is 12.8 Å². The van der Waals surface area contributed by atoms with Crippen LogP contribution in [0.3, 0.4) is 0 Å². The highest BCUT2D eigenvalue weighted by atomic mass is 16.5. The highest BCUT2D eigenvalue weighted by Gasteiger charge is 2.22. The molecule has 28 heavy (non-hydrogen) atoms. The maximum Gasteiger partial charge on any atom is 0.249 e. The molecular weight excluding hydrogens is 362 g/mol. The number of anilines is 2. The van der Waals surface area contributed by atoms with Crippen LogP contribution >= 0.6 is 0 Å². The first kappa shape index (κ1) is 19.7. The quantitative estimate of drug-likeness (QED) is 0.508. The van der Waals surface area contributed by atoms with Crippen LogP contribution < -0.4 is 16.0 Å². The van der Waals surface area contributed by atoms with Crippen LogP contribution in [0.25, 0.3) is 10.9 Å². The SMILES string of the molecule is CN(CCCNC(=O)C1CCCO1)c1nc(N)c2cc(C=O)c(C=O)cc2n1. The second-order valence-corrected chi connectivity index (χ2v) is 6.71. The van der Waals surface area contributed by atoms with E-state index in [-0.39, 0.29) is 29.0 Å². The lowest BCUT2D eigenvalue weighted by Gasteiger charge is -2.18. The second kappa shape index (κ2) is 8.75. The van der Waals surface area contributed by atoms with Gasteiger partial charge in [-0.15, -0.1) is 0 Å². The molecule has 0 radical (unpaired) electrons. The Hall–Kier alpha value is -3.07.